The summed E-state index contributed by atoms with van der Waals surface area (Å²) < 4.78 is 0. The summed E-state index contributed by atoms with van der Waals surface area (Å²) in [6.45, 7) is 0. The Kier molecular flexibility index (Phi) is 2.72. The molecule has 0 N–H and O–H groups in total. The average molecular weight is 358 g/mol. The molecule has 4 bridgehead atoms. The van der Waals surface area contributed by atoms with Gasteiger partial charge in [-0.05, 0) is 45.5 Å². The van der Waals surface area contributed by atoms with Gasteiger partial charge in [0.05, 0.1) is 11.4 Å². The van der Waals surface area contributed by atoms with Gasteiger partial charge in [0.2, 0.25) is 0 Å². The first-order chi connectivity index (χ1) is 13.9. The highest BCUT2D eigenvalue weighted by Gasteiger charge is 2.50. The lowest BCUT2D eigenvalue weighted by atomic mass is 9.55. The molecule has 0 radical (unpaired) electrons. The highest BCUT2D eigenvalue weighted by Crippen LogP contribution is 2.62. The molecule has 0 saturated carbocycles. The van der Waals surface area contributed by atoms with E-state index in [9.17, 15) is 0 Å². The standard InChI is InChI=1S/C26H18N2/c1-3-9-17-15(7-1)21-19-11-5-13-27-25(19)23(17)22-16-8-2-4-10-18(16)24(21)26-20(22)12-6-14-28-26/h1-14,21-24H/t21-,22?,23?,24+/m0/s1. The molecule has 2 unspecified atom stereocenters. The second-order valence-corrected chi connectivity index (χ2v) is 8.12. The van der Waals surface area contributed by atoms with Crippen LogP contribution in [0.5, 0.6) is 0 Å². The second kappa shape index (κ2) is 5.17. The Hall–Kier alpha value is -3.26. The molecule has 0 saturated heterocycles. The van der Waals surface area contributed by atoms with E-state index in [1.807, 2.05) is 12.4 Å². The van der Waals surface area contributed by atoms with Crippen LogP contribution in [0.2, 0.25) is 0 Å². The number of nitrogens with zero attached hydrogens (tertiary/aromatic N) is 2. The van der Waals surface area contributed by atoms with Gasteiger partial charge in [-0.15, -0.1) is 0 Å². The molecule has 2 heteroatoms. The van der Waals surface area contributed by atoms with Crippen molar-refractivity contribution in [2.75, 3.05) is 0 Å². The van der Waals surface area contributed by atoms with E-state index in [2.05, 4.69) is 72.8 Å². The molecule has 4 aromatic rings. The van der Waals surface area contributed by atoms with Crippen molar-refractivity contribution >= 4 is 0 Å². The van der Waals surface area contributed by atoms with E-state index in [-0.39, 0.29) is 23.7 Å². The maximum Gasteiger partial charge on any atom is 0.0526 e. The zero-order valence-corrected chi connectivity index (χ0v) is 15.3. The molecular weight excluding hydrogens is 340 g/mol. The van der Waals surface area contributed by atoms with E-state index in [1.165, 1.54) is 44.8 Å². The predicted molar refractivity (Wildman–Crippen MR) is 109 cm³/mol. The largest absolute Gasteiger partial charge is 0.260 e. The molecule has 6 aliphatic carbocycles. The Morgan fingerprint density at radius 1 is 0.393 bits per heavy atom. The summed E-state index contributed by atoms with van der Waals surface area (Å²) in [4.78, 5) is 9.89. The molecule has 6 aliphatic rings. The van der Waals surface area contributed by atoms with Crippen LogP contribution in [0.1, 0.15) is 68.4 Å². The van der Waals surface area contributed by atoms with Gasteiger partial charge < -0.3 is 0 Å². The lowest BCUT2D eigenvalue weighted by Gasteiger charge is -2.48. The van der Waals surface area contributed by atoms with Gasteiger partial charge in [-0.25, -0.2) is 0 Å². The number of rotatable bonds is 0. The highest BCUT2D eigenvalue weighted by molar-refractivity contribution is 5.65. The fourth-order valence-electron chi connectivity index (χ4n) is 6.08. The summed E-state index contributed by atoms with van der Waals surface area (Å²) in [5.41, 5.74) is 11.1. The highest BCUT2D eigenvalue weighted by atomic mass is 14.8. The Morgan fingerprint density at radius 2 is 0.750 bits per heavy atom. The molecule has 0 fully saturated rings. The summed E-state index contributed by atoms with van der Waals surface area (Å²) >= 11 is 0. The maximum absolute atomic E-state index is 4.95. The first kappa shape index (κ1) is 14.8. The Balaban J connectivity index is 1.69. The van der Waals surface area contributed by atoms with Crippen LogP contribution >= 0.6 is 0 Å². The van der Waals surface area contributed by atoms with Crippen LogP contribution in [-0.2, 0) is 0 Å². The van der Waals surface area contributed by atoms with E-state index in [1.54, 1.807) is 0 Å². The molecule has 28 heavy (non-hydrogen) atoms. The Labute approximate surface area is 163 Å². The summed E-state index contributed by atoms with van der Waals surface area (Å²) in [5.74, 6) is 0.974. The Morgan fingerprint density at radius 3 is 1.18 bits per heavy atom. The first-order valence-electron chi connectivity index (χ1n) is 10.0. The average Bonchev–Trinajstić information content (AvgIpc) is 2.74. The molecule has 4 atom stereocenters. The van der Waals surface area contributed by atoms with Gasteiger partial charge in [0, 0.05) is 36.1 Å². The van der Waals surface area contributed by atoms with Gasteiger partial charge >= 0.3 is 0 Å². The topological polar surface area (TPSA) is 25.8 Å². The van der Waals surface area contributed by atoms with Crippen molar-refractivity contribution in [2.45, 2.75) is 23.7 Å². The molecule has 0 aliphatic heterocycles. The van der Waals surface area contributed by atoms with E-state index in [0.717, 1.165) is 0 Å². The number of hydrogen-bond acceptors (Lipinski definition) is 2. The smallest absolute Gasteiger partial charge is 0.0526 e. The van der Waals surface area contributed by atoms with Crippen LogP contribution in [-0.4, -0.2) is 9.97 Å². The van der Waals surface area contributed by atoms with Crippen molar-refractivity contribution in [3.63, 3.8) is 0 Å². The normalized spacial score (nSPS) is 25.1. The van der Waals surface area contributed by atoms with Gasteiger partial charge in [-0.3, -0.25) is 9.97 Å². The predicted octanol–water partition coefficient (Wildman–Crippen LogP) is 5.34. The third-order valence-corrected chi connectivity index (χ3v) is 7.00. The second-order valence-electron chi connectivity index (χ2n) is 8.12. The van der Waals surface area contributed by atoms with Crippen molar-refractivity contribution in [3.05, 3.63) is 130 Å². The fourth-order valence-corrected chi connectivity index (χ4v) is 6.08. The monoisotopic (exact) mass is 358 g/mol. The SMILES string of the molecule is c1ccc2c(c1)C1c3ncccc3[C@H]2[C@H]2c3ccccc3C1c1cccnc12. The van der Waals surface area contributed by atoms with Crippen LogP contribution in [0.15, 0.2) is 85.2 Å². The summed E-state index contributed by atoms with van der Waals surface area (Å²) in [5, 5.41) is 0. The number of hydrogen-bond donors (Lipinski definition) is 0. The fraction of sp³-hybridized carbons (Fsp3) is 0.154. The van der Waals surface area contributed by atoms with Crippen molar-refractivity contribution < 1.29 is 0 Å². The molecule has 132 valence electrons. The molecule has 2 aromatic carbocycles. The van der Waals surface area contributed by atoms with Crippen molar-refractivity contribution in [2.24, 2.45) is 0 Å². The summed E-state index contributed by atoms with van der Waals surface area (Å²) in [7, 11) is 0. The van der Waals surface area contributed by atoms with Crippen LogP contribution in [0.4, 0.5) is 0 Å². The molecule has 2 aromatic heterocycles. The first-order valence-corrected chi connectivity index (χ1v) is 10.0. The summed E-state index contributed by atoms with van der Waals surface area (Å²) in [6, 6.07) is 26.8. The van der Waals surface area contributed by atoms with Crippen LogP contribution in [0, 0.1) is 0 Å². The number of pyridine rings is 2. The molecular formula is C26H18N2. The van der Waals surface area contributed by atoms with Gasteiger partial charge in [0.1, 0.15) is 0 Å². The van der Waals surface area contributed by atoms with E-state index in [4.69, 9.17) is 9.97 Å². The minimum absolute atomic E-state index is 0.231. The van der Waals surface area contributed by atoms with Crippen LogP contribution < -0.4 is 0 Å². The minimum Gasteiger partial charge on any atom is -0.260 e. The third-order valence-electron chi connectivity index (χ3n) is 7.00. The Bertz CT molecular complexity index is 969. The number of benzene rings is 2. The molecule has 2 nitrogen and oxygen atoms in total. The van der Waals surface area contributed by atoms with Crippen LogP contribution in [0.3, 0.4) is 0 Å². The van der Waals surface area contributed by atoms with E-state index >= 15 is 0 Å². The zero-order chi connectivity index (χ0) is 18.2. The zero-order valence-electron chi connectivity index (χ0n) is 15.3. The summed E-state index contributed by atoms with van der Waals surface area (Å²) in [6.07, 6.45) is 3.92. The van der Waals surface area contributed by atoms with Gasteiger partial charge in [0.25, 0.3) is 0 Å². The molecule has 0 spiro atoms. The lowest BCUT2D eigenvalue weighted by Crippen LogP contribution is -2.36. The van der Waals surface area contributed by atoms with E-state index in [0.29, 0.717) is 0 Å². The molecule has 0 amide bonds. The van der Waals surface area contributed by atoms with Crippen molar-refractivity contribution in [1.29, 1.82) is 0 Å². The lowest BCUT2D eigenvalue weighted by molar-refractivity contribution is 0.509. The maximum atomic E-state index is 4.95. The quantitative estimate of drug-likeness (QED) is 0.424. The molecule has 10 rings (SSSR count). The van der Waals surface area contributed by atoms with Gasteiger partial charge in [-0.2, -0.15) is 0 Å². The minimum atomic E-state index is 0.231. The molecule has 2 heterocycles. The van der Waals surface area contributed by atoms with Gasteiger partial charge in [-0.1, -0.05) is 60.7 Å². The number of aromatic nitrogens is 2. The van der Waals surface area contributed by atoms with Crippen molar-refractivity contribution in [3.8, 4) is 0 Å². The van der Waals surface area contributed by atoms with Gasteiger partial charge in [0.15, 0.2) is 0 Å². The van der Waals surface area contributed by atoms with E-state index < -0.39 is 0 Å². The van der Waals surface area contributed by atoms with Crippen molar-refractivity contribution in [1.82, 2.24) is 9.97 Å². The third kappa shape index (κ3) is 1.65. The van der Waals surface area contributed by atoms with Crippen LogP contribution in [0.25, 0.3) is 0 Å².